The maximum atomic E-state index is 11.3. The average Bonchev–Trinajstić information content (AvgIpc) is 2.93. The summed E-state index contributed by atoms with van der Waals surface area (Å²) in [4.78, 5) is 15.8. The largest absolute Gasteiger partial charge is 0.321 e. The molecule has 1 aromatic rings. The third-order valence-electron chi connectivity index (χ3n) is 3.26. The number of hydrogen-bond donors (Lipinski definition) is 2. The molecule has 6 heteroatoms. The van der Waals surface area contributed by atoms with Gasteiger partial charge in [-0.1, -0.05) is 0 Å². The van der Waals surface area contributed by atoms with Crippen LogP contribution in [-0.2, 0) is 4.79 Å². The number of aromatic nitrogens is 1. The lowest BCUT2D eigenvalue weighted by molar-refractivity contribution is -0.118. The Hall–Kier alpha value is -0.850. The fraction of sp³-hybridized carbons (Fsp3) is 0.500. The smallest absolute Gasteiger partial charge is 0.221 e. The van der Waals surface area contributed by atoms with E-state index in [-0.39, 0.29) is 5.91 Å². The normalized spacial score (nSPS) is 27.2. The topological polar surface area (TPSA) is 54.0 Å². The van der Waals surface area contributed by atoms with Gasteiger partial charge in [0.15, 0.2) is 0 Å². The molecular weight excluding hydrogens is 266 g/mol. The number of thioether (sulfide) groups is 1. The Morgan fingerprint density at radius 2 is 2.50 bits per heavy atom. The fourth-order valence-corrected chi connectivity index (χ4v) is 4.87. The third kappa shape index (κ3) is 2.20. The van der Waals surface area contributed by atoms with Crippen LogP contribution in [0.2, 0.25) is 0 Å². The van der Waals surface area contributed by atoms with Crippen LogP contribution in [0.5, 0.6) is 0 Å². The van der Waals surface area contributed by atoms with E-state index in [1.807, 2.05) is 11.6 Å². The summed E-state index contributed by atoms with van der Waals surface area (Å²) < 4.78 is 0. The van der Waals surface area contributed by atoms with Gasteiger partial charge in [0.1, 0.15) is 5.01 Å². The van der Waals surface area contributed by atoms with Crippen LogP contribution in [0.3, 0.4) is 0 Å². The van der Waals surface area contributed by atoms with Crippen molar-refractivity contribution in [3.05, 3.63) is 21.6 Å². The zero-order valence-corrected chi connectivity index (χ0v) is 11.7. The van der Waals surface area contributed by atoms with Crippen LogP contribution in [0.25, 0.3) is 5.57 Å². The lowest BCUT2D eigenvalue weighted by Crippen LogP contribution is -2.37. The van der Waals surface area contributed by atoms with Crippen molar-refractivity contribution in [2.45, 2.75) is 18.6 Å². The second kappa shape index (κ2) is 5.03. The van der Waals surface area contributed by atoms with Crippen LogP contribution in [0.4, 0.5) is 0 Å². The molecule has 3 heterocycles. The molecule has 0 saturated carbocycles. The van der Waals surface area contributed by atoms with Gasteiger partial charge in [-0.25, -0.2) is 4.98 Å². The molecule has 1 amide bonds. The third-order valence-corrected chi connectivity index (χ3v) is 5.43. The summed E-state index contributed by atoms with van der Waals surface area (Å²) in [5.41, 5.74) is 1.25. The van der Waals surface area contributed by atoms with Crippen molar-refractivity contribution in [1.82, 2.24) is 15.6 Å². The minimum atomic E-state index is -0.00170. The van der Waals surface area contributed by atoms with E-state index >= 15 is 0 Å². The maximum Gasteiger partial charge on any atom is 0.221 e. The van der Waals surface area contributed by atoms with Gasteiger partial charge in [-0.15, -0.1) is 23.1 Å². The first kappa shape index (κ1) is 12.2. The highest BCUT2D eigenvalue weighted by atomic mass is 32.2. The van der Waals surface area contributed by atoms with E-state index < -0.39 is 0 Å². The number of carbonyl (C=O) groups excluding carboxylic acids is 1. The first-order valence-electron chi connectivity index (χ1n) is 6.04. The van der Waals surface area contributed by atoms with Crippen molar-refractivity contribution in [2.24, 2.45) is 5.92 Å². The Bertz CT molecular complexity index is 484. The Morgan fingerprint density at radius 3 is 3.22 bits per heavy atom. The molecule has 2 aliphatic heterocycles. The maximum absolute atomic E-state index is 11.3. The number of carbonyl (C=O) groups is 1. The van der Waals surface area contributed by atoms with Crippen LogP contribution < -0.4 is 10.6 Å². The summed E-state index contributed by atoms with van der Waals surface area (Å²) >= 11 is 3.43. The summed E-state index contributed by atoms with van der Waals surface area (Å²) in [6.45, 7) is 3.62. The summed E-state index contributed by atoms with van der Waals surface area (Å²) in [5.74, 6) is 0.516. The second-order valence-electron chi connectivity index (χ2n) is 4.52. The molecule has 96 valence electrons. The van der Waals surface area contributed by atoms with Gasteiger partial charge in [-0.05, 0) is 13.0 Å². The zero-order chi connectivity index (χ0) is 12.5. The van der Waals surface area contributed by atoms with E-state index in [0.717, 1.165) is 29.5 Å². The summed E-state index contributed by atoms with van der Waals surface area (Å²) in [6, 6.07) is 0. The van der Waals surface area contributed by atoms with Gasteiger partial charge < -0.3 is 10.6 Å². The van der Waals surface area contributed by atoms with Gasteiger partial charge in [-0.3, -0.25) is 4.79 Å². The molecule has 1 aromatic heterocycles. The SMILES string of the molecule is CC(=O)NC1=C(c2nccs2)C2CCNCC2S1. The summed E-state index contributed by atoms with van der Waals surface area (Å²) in [5, 5.41) is 11.0. The number of allylic oxidation sites excluding steroid dienone is 1. The monoisotopic (exact) mass is 281 g/mol. The minimum absolute atomic E-state index is 0.00170. The lowest BCUT2D eigenvalue weighted by atomic mass is 9.90. The van der Waals surface area contributed by atoms with Crippen LogP contribution >= 0.6 is 23.1 Å². The summed E-state index contributed by atoms with van der Waals surface area (Å²) in [7, 11) is 0. The molecule has 18 heavy (non-hydrogen) atoms. The molecule has 0 radical (unpaired) electrons. The van der Waals surface area contributed by atoms with Gasteiger partial charge in [0, 0.05) is 41.8 Å². The number of piperidine rings is 1. The van der Waals surface area contributed by atoms with Crippen LogP contribution in [-0.4, -0.2) is 29.2 Å². The first-order valence-corrected chi connectivity index (χ1v) is 7.80. The summed E-state index contributed by atoms with van der Waals surface area (Å²) in [6.07, 6.45) is 2.95. The van der Waals surface area contributed by atoms with Crippen molar-refractivity contribution in [1.29, 1.82) is 0 Å². The number of thiazole rings is 1. The number of rotatable bonds is 2. The number of nitrogens with one attached hydrogen (secondary N) is 2. The average molecular weight is 281 g/mol. The van der Waals surface area contributed by atoms with Crippen molar-refractivity contribution in [3.63, 3.8) is 0 Å². The number of nitrogens with zero attached hydrogens (tertiary/aromatic N) is 1. The molecule has 4 nitrogen and oxygen atoms in total. The molecule has 2 atom stereocenters. The zero-order valence-electron chi connectivity index (χ0n) is 10.1. The molecule has 0 spiro atoms. The van der Waals surface area contributed by atoms with Gasteiger partial charge >= 0.3 is 0 Å². The Kier molecular flexibility index (Phi) is 3.41. The molecular formula is C12H15N3OS2. The molecule has 2 N–H and O–H groups in total. The Balaban J connectivity index is 1.97. The van der Waals surface area contributed by atoms with Gasteiger partial charge in [0.2, 0.25) is 5.91 Å². The minimum Gasteiger partial charge on any atom is -0.321 e. The highest BCUT2D eigenvalue weighted by Gasteiger charge is 2.39. The molecule has 1 saturated heterocycles. The molecule has 0 aliphatic carbocycles. The predicted octanol–water partition coefficient (Wildman–Crippen LogP) is 1.67. The van der Waals surface area contributed by atoms with E-state index in [1.165, 1.54) is 5.57 Å². The van der Waals surface area contributed by atoms with Crippen molar-refractivity contribution >= 4 is 34.6 Å². The number of amides is 1. The molecule has 2 aliphatic rings. The quantitative estimate of drug-likeness (QED) is 0.866. The van der Waals surface area contributed by atoms with E-state index in [4.69, 9.17) is 0 Å². The van der Waals surface area contributed by atoms with Crippen molar-refractivity contribution < 1.29 is 4.79 Å². The van der Waals surface area contributed by atoms with Gasteiger partial charge in [-0.2, -0.15) is 0 Å². The molecule has 1 fully saturated rings. The standard InChI is InChI=1S/C12H15N3OS2/c1-7(16)15-12-10(11-14-4-5-17-11)8-2-3-13-6-9(8)18-12/h4-5,8-9,13H,2-3,6H2,1H3,(H,15,16). The number of fused-ring (bicyclic) bond motifs is 1. The van der Waals surface area contributed by atoms with E-state index in [1.54, 1.807) is 30.0 Å². The molecule has 3 rings (SSSR count). The van der Waals surface area contributed by atoms with Crippen LogP contribution in [0, 0.1) is 5.92 Å². The van der Waals surface area contributed by atoms with Crippen LogP contribution in [0.1, 0.15) is 18.4 Å². The molecule has 0 aromatic carbocycles. The van der Waals surface area contributed by atoms with Crippen molar-refractivity contribution in [3.8, 4) is 0 Å². The van der Waals surface area contributed by atoms with E-state index in [2.05, 4.69) is 15.6 Å². The van der Waals surface area contributed by atoms with Crippen LogP contribution in [0.15, 0.2) is 16.6 Å². The highest BCUT2D eigenvalue weighted by molar-refractivity contribution is 8.04. The van der Waals surface area contributed by atoms with E-state index in [0.29, 0.717) is 11.2 Å². The number of hydrogen-bond acceptors (Lipinski definition) is 5. The van der Waals surface area contributed by atoms with Gasteiger partial charge in [0.05, 0.1) is 5.03 Å². The first-order chi connectivity index (χ1) is 8.75. The Morgan fingerprint density at radius 1 is 1.61 bits per heavy atom. The highest BCUT2D eigenvalue weighted by Crippen LogP contribution is 2.48. The van der Waals surface area contributed by atoms with E-state index in [9.17, 15) is 4.79 Å². The van der Waals surface area contributed by atoms with Gasteiger partial charge in [0.25, 0.3) is 0 Å². The fourth-order valence-electron chi connectivity index (χ4n) is 2.54. The molecule has 2 unspecified atom stereocenters. The molecule has 0 bridgehead atoms. The predicted molar refractivity (Wildman–Crippen MR) is 75.2 cm³/mol. The lowest BCUT2D eigenvalue weighted by Gasteiger charge is -2.26. The van der Waals surface area contributed by atoms with Crippen molar-refractivity contribution in [2.75, 3.05) is 13.1 Å². The Labute approximate surface area is 114 Å². The second-order valence-corrected chi connectivity index (χ2v) is 6.66.